The topological polar surface area (TPSA) is 71.2 Å². The fourth-order valence-electron chi connectivity index (χ4n) is 4.77. The minimum absolute atomic E-state index is 0.0623. The Bertz CT molecular complexity index is 936. The fourth-order valence-corrected chi connectivity index (χ4v) is 4.77. The minimum Gasteiger partial charge on any atom is -0.441 e. The van der Waals surface area contributed by atoms with Crippen molar-refractivity contribution in [2.75, 3.05) is 13.1 Å². The number of ether oxygens (including phenoxy) is 1. The molecule has 1 aliphatic heterocycles. The molecule has 1 aromatic heterocycles. The molecule has 28 heavy (non-hydrogen) atoms. The minimum atomic E-state index is -0.348. The highest BCUT2D eigenvalue weighted by atomic mass is 16.6. The van der Waals surface area contributed by atoms with Crippen molar-refractivity contribution in [3.63, 3.8) is 0 Å². The van der Waals surface area contributed by atoms with Crippen LogP contribution in [0.25, 0.3) is 11.0 Å². The Morgan fingerprint density at radius 2 is 2.21 bits per heavy atom. The predicted molar refractivity (Wildman–Crippen MR) is 107 cm³/mol. The molecule has 2 unspecified atom stereocenters. The van der Waals surface area contributed by atoms with E-state index in [1.807, 2.05) is 23.4 Å². The first kappa shape index (κ1) is 18.8. The molecule has 1 amide bonds. The first-order chi connectivity index (χ1) is 13.3. The van der Waals surface area contributed by atoms with E-state index in [9.17, 15) is 10.1 Å². The van der Waals surface area contributed by atoms with Crippen LogP contribution in [0.2, 0.25) is 0 Å². The zero-order valence-corrected chi connectivity index (χ0v) is 16.9. The van der Waals surface area contributed by atoms with Gasteiger partial charge in [0.15, 0.2) is 0 Å². The maximum atomic E-state index is 12.5. The molecule has 1 saturated heterocycles. The fraction of sp³-hybridized carbons (Fsp3) is 0.591. The maximum absolute atomic E-state index is 12.5. The monoisotopic (exact) mass is 380 g/mol. The Morgan fingerprint density at radius 3 is 2.96 bits per heavy atom. The number of carbonyl (C=O) groups is 1. The summed E-state index contributed by atoms with van der Waals surface area (Å²) in [5.74, 6) is 0.430. The summed E-state index contributed by atoms with van der Waals surface area (Å²) < 4.78 is 8.08. The summed E-state index contributed by atoms with van der Waals surface area (Å²) in [6.45, 7) is 8.70. The van der Waals surface area contributed by atoms with Gasteiger partial charge < -0.3 is 14.2 Å². The molecule has 1 spiro atoms. The van der Waals surface area contributed by atoms with E-state index in [1.54, 1.807) is 6.07 Å². The largest absolute Gasteiger partial charge is 0.441 e. The second-order valence-corrected chi connectivity index (χ2v) is 9.64. The van der Waals surface area contributed by atoms with Crippen LogP contribution in [0.1, 0.15) is 52.0 Å². The molecule has 0 N–H and O–H groups in total. The zero-order valence-electron chi connectivity index (χ0n) is 16.9. The number of imidazole rings is 1. The molecule has 6 nitrogen and oxygen atoms in total. The van der Waals surface area contributed by atoms with Gasteiger partial charge >= 0.3 is 6.09 Å². The van der Waals surface area contributed by atoms with Crippen molar-refractivity contribution in [3.8, 4) is 6.07 Å². The highest BCUT2D eigenvalue weighted by molar-refractivity contribution is 5.77. The molecule has 2 heterocycles. The molecule has 1 saturated carbocycles. The van der Waals surface area contributed by atoms with E-state index in [4.69, 9.17) is 4.74 Å². The molecule has 2 fully saturated rings. The van der Waals surface area contributed by atoms with E-state index in [0.29, 0.717) is 18.0 Å². The Kier molecular flexibility index (Phi) is 4.57. The molecule has 1 aromatic carbocycles. The van der Waals surface area contributed by atoms with E-state index < -0.39 is 0 Å². The lowest BCUT2D eigenvalue weighted by atomic mass is 9.77. The van der Waals surface area contributed by atoms with Gasteiger partial charge in [0.05, 0.1) is 35.5 Å². The van der Waals surface area contributed by atoms with Crippen LogP contribution in [-0.4, -0.2) is 39.2 Å². The Morgan fingerprint density at radius 1 is 1.39 bits per heavy atom. The third-order valence-electron chi connectivity index (χ3n) is 5.82. The normalized spacial score (nSPS) is 25.3. The summed E-state index contributed by atoms with van der Waals surface area (Å²) in [5.41, 5.74) is 2.27. The summed E-state index contributed by atoms with van der Waals surface area (Å²) >= 11 is 0. The van der Waals surface area contributed by atoms with Gasteiger partial charge in [-0.05, 0) is 55.2 Å². The second kappa shape index (κ2) is 6.80. The standard InChI is InChI=1S/C22H28N4O2/c1-21(2,3)13-26-14-22(28-20(26)27)8-4-5-17(10-22)12-25-15-24-18-7-6-16(11-23)9-19(18)25/h6-7,9,15,17H,4-5,8,10,12-14H2,1-3H3. The number of amides is 1. The molecule has 0 radical (unpaired) electrons. The van der Waals surface area contributed by atoms with Gasteiger partial charge in [-0.1, -0.05) is 20.8 Å². The summed E-state index contributed by atoms with van der Waals surface area (Å²) in [6.07, 6.45) is 5.71. The van der Waals surface area contributed by atoms with Crippen LogP contribution in [0, 0.1) is 22.7 Å². The van der Waals surface area contributed by atoms with Gasteiger partial charge in [0.1, 0.15) is 5.60 Å². The number of fused-ring (bicyclic) bond motifs is 1. The van der Waals surface area contributed by atoms with Crippen molar-refractivity contribution in [3.05, 3.63) is 30.1 Å². The number of hydrogen-bond acceptors (Lipinski definition) is 4. The summed E-state index contributed by atoms with van der Waals surface area (Å²) in [5, 5.41) is 9.18. The van der Waals surface area contributed by atoms with Gasteiger partial charge in [0.2, 0.25) is 0 Å². The number of nitriles is 1. The molecule has 2 aromatic rings. The van der Waals surface area contributed by atoms with E-state index in [1.165, 1.54) is 0 Å². The van der Waals surface area contributed by atoms with Gasteiger partial charge in [0.25, 0.3) is 0 Å². The van der Waals surface area contributed by atoms with Crippen molar-refractivity contribution in [1.29, 1.82) is 5.26 Å². The van der Waals surface area contributed by atoms with Crippen LogP contribution < -0.4 is 0 Å². The van der Waals surface area contributed by atoms with Gasteiger partial charge in [0, 0.05) is 13.1 Å². The van der Waals surface area contributed by atoms with Gasteiger partial charge in [-0.15, -0.1) is 0 Å². The van der Waals surface area contributed by atoms with Crippen LogP contribution in [0.3, 0.4) is 0 Å². The second-order valence-electron chi connectivity index (χ2n) is 9.64. The highest BCUT2D eigenvalue weighted by Gasteiger charge is 2.48. The van der Waals surface area contributed by atoms with Crippen molar-refractivity contribution in [2.24, 2.45) is 11.3 Å². The maximum Gasteiger partial charge on any atom is 0.410 e. The van der Waals surface area contributed by atoms with Crippen LogP contribution in [-0.2, 0) is 11.3 Å². The number of aromatic nitrogens is 2. The summed E-state index contributed by atoms with van der Waals surface area (Å²) in [4.78, 5) is 18.8. The molecular weight excluding hydrogens is 352 g/mol. The average Bonchev–Trinajstić information content (AvgIpc) is 3.14. The van der Waals surface area contributed by atoms with Crippen LogP contribution in [0.15, 0.2) is 24.5 Å². The highest BCUT2D eigenvalue weighted by Crippen LogP contribution is 2.41. The lowest BCUT2D eigenvalue weighted by Gasteiger charge is -2.36. The number of benzene rings is 1. The summed E-state index contributed by atoms with van der Waals surface area (Å²) in [7, 11) is 0. The van der Waals surface area contributed by atoms with Crippen LogP contribution in [0.4, 0.5) is 4.79 Å². The van der Waals surface area contributed by atoms with Gasteiger partial charge in [-0.25, -0.2) is 9.78 Å². The quantitative estimate of drug-likeness (QED) is 0.794. The average molecular weight is 380 g/mol. The number of rotatable bonds is 3. The SMILES string of the molecule is CC(C)(C)CN1CC2(CCCC(Cn3cnc4ccc(C#N)cc43)C2)OC1=O. The van der Waals surface area contributed by atoms with Crippen molar-refractivity contribution in [2.45, 2.75) is 58.6 Å². The Balaban J connectivity index is 1.49. The molecule has 148 valence electrons. The molecule has 4 rings (SSSR count). The first-order valence-corrected chi connectivity index (χ1v) is 10.1. The summed E-state index contributed by atoms with van der Waals surface area (Å²) in [6, 6.07) is 7.81. The zero-order chi connectivity index (χ0) is 19.9. The van der Waals surface area contributed by atoms with Gasteiger partial charge in [-0.3, -0.25) is 0 Å². The smallest absolute Gasteiger partial charge is 0.410 e. The van der Waals surface area contributed by atoms with E-state index in [0.717, 1.165) is 49.8 Å². The van der Waals surface area contributed by atoms with E-state index in [2.05, 4.69) is 36.4 Å². The van der Waals surface area contributed by atoms with E-state index in [-0.39, 0.29) is 17.1 Å². The molecule has 6 heteroatoms. The third kappa shape index (κ3) is 3.71. The lowest BCUT2D eigenvalue weighted by Crippen LogP contribution is -2.41. The van der Waals surface area contributed by atoms with Crippen molar-refractivity contribution >= 4 is 17.1 Å². The number of carbonyl (C=O) groups excluding carboxylic acids is 1. The molecular formula is C22H28N4O2. The number of hydrogen-bond donors (Lipinski definition) is 0. The van der Waals surface area contributed by atoms with Crippen LogP contribution in [0.5, 0.6) is 0 Å². The lowest BCUT2D eigenvalue weighted by molar-refractivity contribution is 0.00413. The third-order valence-corrected chi connectivity index (χ3v) is 5.82. The van der Waals surface area contributed by atoms with Crippen LogP contribution >= 0.6 is 0 Å². The van der Waals surface area contributed by atoms with Crippen molar-refractivity contribution in [1.82, 2.24) is 14.5 Å². The molecule has 0 bridgehead atoms. The molecule has 1 aliphatic carbocycles. The Hall–Kier alpha value is -2.55. The van der Waals surface area contributed by atoms with Crippen molar-refractivity contribution < 1.29 is 9.53 Å². The van der Waals surface area contributed by atoms with Gasteiger partial charge in [-0.2, -0.15) is 5.26 Å². The van der Waals surface area contributed by atoms with E-state index >= 15 is 0 Å². The molecule has 2 aliphatic rings. The predicted octanol–water partition coefficient (Wildman–Crippen LogP) is 4.34. The Labute approximate surface area is 166 Å². The molecule has 2 atom stereocenters. The number of nitrogens with zero attached hydrogens (tertiary/aromatic N) is 4. The first-order valence-electron chi connectivity index (χ1n) is 10.1.